The lowest BCUT2D eigenvalue weighted by atomic mass is 10.2. The number of methoxy groups -OCH3 is 1. The van der Waals surface area contributed by atoms with Gasteiger partial charge in [0.15, 0.2) is 0 Å². The number of nitrogens with zero attached hydrogens (tertiary/aromatic N) is 3. The van der Waals surface area contributed by atoms with E-state index >= 15 is 0 Å². The number of rotatable bonds is 6. The van der Waals surface area contributed by atoms with Crippen LogP contribution in [0.15, 0.2) is 21.8 Å². The number of benzene rings is 1. The van der Waals surface area contributed by atoms with Crippen molar-refractivity contribution in [1.29, 1.82) is 0 Å². The molecule has 1 heterocycles. The molecule has 1 unspecified atom stereocenters. The van der Waals surface area contributed by atoms with Crippen LogP contribution in [0, 0.1) is 12.7 Å². The molecule has 1 aromatic heterocycles. The zero-order valence-corrected chi connectivity index (χ0v) is 15.1. The third-order valence-electron chi connectivity index (χ3n) is 3.47. The van der Waals surface area contributed by atoms with E-state index in [4.69, 9.17) is 4.74 Å². The second-order valence-electron chi connectivity index (χ2n) is 5.51. The molecule has 0 fully saturated rings. The zero-order valence-electron chi connectivity index (χ0n) is 14.3. The number of alkyl halides is 3. The molecule has 0 spiro atoms. The molecule has 2 aromatic rings. The van der Waals surface area contributed by atoms with Crippen molar-refractivity contribution in [2.75, 3.05) is 12.9 Å². The van der Waals surface area contributed by atoms with Crippen molar-refractivity contribution in [2.45, 2.75) is 37.9 Å². The maximum Gasteiger partial charge on any atom is 0.400 e. The molecular formula is C15H17F4N3O3S. The van der Waals surface area contributed by atoms with Gasteiger partial charge in [-0.05, 0) is 31.0 Å². The predicted molar refractivity (Wildman–Crippen MR) is 86.7 cm³/mol. The Bertz CT molecular complexity index is 889. The lowest BCUT2D eigenvalue weighted by Gasteiger charge is -2.11. The largest absolute Gasteiger partial charge is 0.467 e. The number of ether oxygens (including phenoxy) is 1. The Hall–Kier alpha value is -2.17. The summed E-state index contributed by atoms with van der Waals surface area (Å²) in [7, 11) is -1.15. The molecule has 144 valence electrons. The van der Waals surface area contributed by atoms with Crippen LogP contribution < -0.4 is 10.4 Å². The zero-order chi connectivity index (χ0) is 19.6. The molecule has 0 bridgehead atoms. The van der Waals surface area contributed by atoms with E-state index in [-0.39, 0.29) is 28.7 Å². The minimum absolute atomic E-state index is 0.0604. The highest BCUT2D eigenvalue weighted by atomic mass is 32.2. The van der Waals surface area contributed by atoms with Gasteiger partial charge in [0.05, 0.1) is 17.9 Å². The summed E-state index contributed by atoms with van der Waals surface area (Å²) < 4.78 is 70.8. The Labute approximate surface area is 148 Å². The summed E-state index contributed by atoms with van der Waals surface area (Å²) in [5, 5.41) is 3.87. The predicted octanol–water partition coefficient (Wildman–Crippen LogP) is 2.57. The lowest BCUT2D eigenvalue weighted by Crippen LogP contribution is -2.25. The molecule has 0 amide bonds. The topological polar surface area (TPSA) is 66.1 Å². The van der Waals surface area contributed by atoms with Gasteiger partial charge >= 0.3 is 17.9 Å². The summed E-state index contributed by atoms with van der Waals surface area (Å²) in [6, 6.07) is 1.82. The third-order valence-corrected chi connectivity index (χ3v) is 4.99. The average Bonchev–Trinajstić information content (AvgIpc) is 2.83. The molecule has 0 radical (unpaired) electrons. The SMILES string of the molecule is CCCn1c(OC)nn(-c2cc(S(=O)CC(F)(F)F)c(C)cc2F)c1=O. The van der Waals surface area contributed by atoms with Gasteiger partial charge in [0, 0.05) is 11.4 Å². The van der Waals surface area contributed by atoms with E-state index in [2.05, 4.69) is 5.10 Å². The smallest absolute Gasteiger partial charge is 0.400 e. The average molecular weight is 395 g/mol. The van der Waals surface area contributed by atoms with Gasteiger partial charge in [-0.1, -0.05) is 6.92 Å². The molecule has 1 aromatic carbocycles. The second-order valence-corrected chi connectivity index (χ2v) is 6.93. The second kappa shape index (κ2) is 7.60. The van der Waals surface area contributed by atoms with Crippen LogP contribution in [-0.2, 0) is 17.3 Å². The van der Waals surface area contributed by atoms with Crippen LogP contribution in [0.4, 0.5) is 17.6 Å². The lowest BCUT2D eigenvalue weighted by molar-refractivity contribution is -0.105. The van der Waals surface area contributed by atoms with Gasteiger partial charge in [0.2, 0.25) is 0 Å². The molecule has 0 aliphatic rings. The molecule has 0 saturated heterocycles. The van der Waals surface area contributed by atoms with Crippen molar-refractivity contribution < 1.29 is 26.5 Å². The van der Waals surface area contributed by atoms with Crippen LogP contribution in [0.5, 0.6) is 6.01 Å². The van der Waals surface area contributed by atoms with Gasteiger partial charge in [-0.3, -0.25) is 4.21 Å². The maximum atomic E-state index is 14.4. The summed E-state index contributed by atoms with van der Waals surface area (Å²) in [6.07, 6.45) is -4.06. The molecule has 2 rings (SSSR count). The fraction of sp³-hybridized carbons (Fsp3) is 0.467. The molecule has 0 aliphatic heterocycles. The van der Waals surface area contributed by atoms with Crippen LogP contribution in [0.25, 0.3) is 5.69 Å². The fourth-order valence-corrected chi connectivity index (χ4v) is 3.49. The highest BCUT2D eigenvalue weighted by molar-refractivity contribution is 7.85. The van der Waals surface area contributed by atoms with Gasteiger partial charge in [-0.2, -0.15) is 17.9 Å². The molecule has 26 heavy (non-hydrogen) atoms. The van der Waals surface area contributed by atoms with E-state index < -0.39 is 34.2 Å². The number of aromatic nitrogens is 3. The van der Waals surface area contributed by atoms with Crippen LogP contribution in [-0.4, -0.2) is 37.6 Å². The highest BCUT2D eigenvalue weighted by Crippen LogP contribution is 2.25. The molecule has 0 aliphatic carbocycles. The summed E-state index contributed by atoms with van der Waals surface area (Å²) >= 11 is 0. The molecule has 1 atom stereocenters. The number of aryl methyl sites for hydroxylation is 1. The van der Waals surface area contributed by atoms with Crippen LogP contribution in [0.3, 0.4) is 0 Å². The molecule has 0 N–H and O–H groups in total. The van der Waals surface area contributed by atoms with Gasteiger partial charge in [-0.15, -0.1) is 5.10 Å². The van der Waals surface area contributed by atoms with Gasteiger partial charge in [0.25, 0.3) is 0 Å². The Balaban J connectivity index is 2.60. The van der Waals surface area contributed by atoms with Crippen molar-refractivity contribution in [1.82, 2.24) is 14.3 Å². The molecule has 0 saturated carbocycles. The Morgan fingerprint density at radius 2 is 1.96 bits per heavy atom. The van der Waals surface area contributed by atoms with Crippen molar-refractivity contribution in [3.8, 4) is 11.7 Å². The molecule has 11 heteroatoms. The van der Waals surface area contributed by atoms with E-state index in [1.54, 1.807) is 0 Å². The number of hydrogen-bond acceptors (Lipinski definition) is 4. The van der Waals surface area contributed by atoms with E-state index in [9.17, 15) is 26.6 Å². The summed E-state index contributed by atoms with van der Waals surface area (Å²) in [5.74, 6) is -2.44. The first kappa shape index (κ1) is 20.1. The van der Waals surface area contributed by atoms with Crippen molar-refractivity contribution in [3.05, 3.63) is 34.0 Å². The van der Waals surface area contributed by atoms with E-state index in [0.717, 1.165) is 12.1 Å². The molecular weight excluding hydrogens is 378 g/mol. The summed E-state index contributed by atoms with van der Waals surface area (Å²) in [6.45, 7) is 3.42. The normalized spacial score (nSPS) is 13.0. The van der Waals surface area contributed by atoms with E-state index in [1.165, 1.54) is 18.6 Å². The van der Waals surface area contributed by atoms with Crippen molar-refractivity contribution >= 4 is 10.8 Å². The van der Waals surface area contributed by atoms with Crippen LogP contribution in [0.1, 0.15) is 18.9 Å². The van der Waals surface area contributed by atoms with E-state index in [0.29, 0.717) is 11.1 Å². The quantitative estimate of drug-likeness (QED) is 0.706. The fourth-order valence-electron chi connectivity index (χ4n) is 2.38. The van der Waals surface area contributed by atoms with Gasteiger partial charge in [-0.25, -0.2) is 13.8 Å². The van der Waals surface area contributed by atoms with Gasteiger partial charge in [0.1, 0.15) is 17.3 Å². The number of halogens is 4. The first-order chi connectivity index (χ1) is 12.1. The molecule has 6 nitrogen and oxygen atoms in total. The van der Waals surface area contributed by atoms with Crippen LogP contribution >= 0.6 is 0 Å². The minimum Gasteiger partial charge on any atom is -0.467 e. The monoisotopic (exact) mass is 395 g/mol. The Morgan fingerprint density at radius 1 is 1.31 bits per heavy atom. The summed E-state index contributed by atoms with van der Waals surface area (Å²) in [5.41, 5.74) is -1.01. The Kier molecular flexibility index (Phi) is 5.89. The standard InChI is InChI=1S/C15H17F4N3O3S/c1-4-5-21-13(25-3)20-22(14(21)23)11-7-12(9(2)6-10(11)16)26(24)8-15(17,18)19/h6-7H,4-5,8H2,1-3H3. The van der Waals surface area contributed by atoms with Crippen LogP contribution in [0.2, 0.25) is 0 Å². The first-order valence-corrected chi connectivity index (χ1v) is 8.90. The first-order valence-electron chi connectivity index (χ1n) is 7.58. The maximum absolute atomic E-state index is 14.4. The minimum atomic E-state index is -4.64. The van der Waals surface area contributed by atoms with Gasteiger partial charge < -0.3 is 4.74 Å². The van der Waals surface area contributed by atoms with E-state index in [1.807, 2.05) is 6.92 Å². The Morgan fingerprint density at radius 3 is 2.50 bits per heavy atom. The summed E-state index contributed by atoms with van der Waals surface area (Å²) in [4.78, 5) is 12.2. The van der Waals surface area contributed by atoms with Crippen molar-refractivity contribution in [2.24, 2.45) is 0 Å². The van der Waals surface area contributed by atoms with Crippen molar-refractivity contribution in [3.63, 3.8) is 0 Å². The third kappa shape index (κ3) is 4.14. The number of hydrogen-bond donors (Lipinski definition) is 0. The highest BCUT2D eigenvalue weighted by Gasteiger charge is 2.32.